The molecule has 0 aromatic heterocycles. The van der Waals surface area contributed by atoms with Gasteiger partial charge in [-0.15, -0.1) is 12.4 Å². The van der Waals surface area contributed by atoms with Crippen LogP contribution in [0.4, 0.5) is 0 Å². The molecule has 2 rings (SSSR count). The molecule has 0 atom stereocenters. The number of nitrogens with zero attached hydrogens (tertiary/aromatic N) is 2. The van der Waals surface area contributed by atoms with Crippen LogP contribution in [0.1, 0.15) is 0 Å². The molecule has 0 spiro atoms. The van der Waals surface area contributed by atoms with Gasteiger partial charge >= 0.3 is 0 Å². The molecular formula is C7H12ClN3OS. The van der Waals surface area contributed by atoms with Crippen LogP contribution >= 0.6 is 24.2 Å². The Kier molecular flexibility index (Phi) is 4.02. The highest BCUT2D eigenvalue weighted by atomic mass is 35.5. The lowest BCUT2D eigenvalue weighted by atomic mass is 10.4. The summed E-state index contributed by atoms with van der Waals surface area (Å²) in [7, 11) is 0. The molecule has 0 aliphatic carbocycles. The van der Waals surface area contributed by atoms with Crippen molar-refractivity contribution in [3.8, 4) is 0 Å². The van der Waals surface area contributed by atoms with E-state index in [-0.39, 0.29) is 17.5 Å². The van der Waals surface area contributed by atoms with Gasteiger partial charge in [-0.2, -0.15) is 0 Å². The fourth-order valence-electron chi connectivity index (χ4n) is 1.32. The first kappa shape index (κ1) is 10.8. The number of hydrogen-bond acceptors (Lipinski definition) is 5. The summed E-state index contributed by atoms with van der Waals surface area (Å²) in [6, 6.07) is 0. The number of nitrogens with one attached hydrogen (secondary N) is 1. The van der Waals surface area contributed by atoms with Gasteiger partial charge in [-0.25, -0.2) is 0 Å². The van der Waals surface area contributed by atoms with Crippen LogP contribution in [-0.4, -0.2) is 47.9 Å². The molecule has 0 saturated carbocycles. The zero-order chi connectivity index (χ0) is 8.39. The van der Waals surface area contributed by atoms with Gasteiger partial charge < -0.3 is 10.2 Å². The van der Waals surface area contributed by atoms with Crippen LogP contribution in [0.15, 0.2) is 4.99 Å². The SMILES string of the molecule is Cl.O=C1CN=C(N2CCNCC2)S1. The van der Waals surface area contributed by atoms with Gasteiger partial charge in [0.2, 0.25) is 5.12 Å². The summed E-state index contributed by atoms with van der Waals surface area (Å²) in [5.41, 5.74) is 0. The van der Waals surface area contributed by atoms with E-state index in [1.54, 1.807) is 0 Å². The van der Waals surface area contributed by atoms with Crippen LogP contribution in [0.3, 0.4) is 0 Å². The normalized spacial score (nSPS) is 22.6. The number of carbonyl (C=O) groups is 1. The molecule has 4 nitrogen and oxygen atoms in total. The van der Waals surface area contributed by atoms with Crippen LogP contribution in [0.5, 0.6) is 0 Å². The van der Waals surface area contributed by atoms with Crippen molar-refractivity contribution in [3.05, 3.63) is 0 Å². The quantitative estimate of drug-likeness (QED) is 0.623. The van der Waals surface area contributed by atoms with Crippen LogP contribution in [0, 0.1) is 0 Å². The van der Waals surface area contributed by atoms with Crippen molar-refractivity contribution in [2.24, 2.45) is 4.99 Å². The van der Waals surface area contributed by atoms with Crippen LogP contribution in [0.25, 0.3) is 0 Å². The van der Waals surface area contributed by atoms with E-state index >= 15 is 0 Å². The Morgan fingerprint density at radius 2 is 2.08 bits per heavy atom. The predicted molar refractivity (Wildman–Crippen MR) is 56.6 cm³/mol. The second kappa shape index (κ2) is 4.83. The summed E-state index contributed by atoms with van der Waals surface area (Å²) in [5.74, 6) is 0. The number of rotatable bonds is 0. The van der Waals surface area contributed by atoms with Crippen LogP contribution in [-0.2, 0) is 4.79 Å². The predicted octanol–water partition coefficient (Wildman–Crippen LogP) is -0.0572. The maximum atomic E-state index is 10.9. The van der Waals surface area contributed by atoms with Crippen molar-refractivity contribution in [2.75, 3.05) is 32.7 Å². The van der Waals surface area contributed by atoms with Crippen molar-refractivity contribution in [1.82, 2.24) is 10.2 Å². The van der Waals surface area contributed by atoms with Crippen LogP contribution in [0.2, 0.25) is 0 Å². The molecule has 1 N–H and O–H groups in total. The highest BCUT2D eigenvalue weighted by molar-refractivity contribution is 8.26. The summed E-state index contributed by atoms with van der Waals surface area (Å²) in [4.78, 5) is 17.2. The van der Waals surface area contributed by atoms with E-state index in [9.17, 15) is 4.79 Å². The zero-order valence-corrected chi connectivity index (χ0v) is 8.79. The number of carbonyl (C=O) groups excluding carboxylic acids is 1. The largest absolute Gasteiger partial charge is 0.349 e. The van der Waals surface area contributed by atoms with Gasteiger partial charge in [0.1, 0.15) is 6.54 Å². The molecular weight excluding hydrogens is 210 g/mol. The summed E-state index contributed by atoms with van der Waals surface area (Å²) in [6.07, 6.45) is 0. The molecule has 2 aliphatic heterocycles. The highest BCUT2D eigenvalue weighted by Crippen LogP contribution is 2.17. The van der Waals surface area contributed by atoms with E-state index in [4.69, 9.17) is 0 Å². The first-order valence-corrected chi connectivity index (χ1v) is 4.89. The maximum absolute atomic E-state index is 10.9. The minimum absolute atomic E-state index is 0. The third-order valence-electron chi connectivity index (χ3n) is 1.94. The second-order valence-corrected chi connectivity index (χ2v) is 3.83. The molecule has 0 unspecified atom stereocenters. The Labute approximate surface area is 87.6 Å². The van der Waals surface area contributed by atoms with Gasteiger partial charge in [0.15, 0.2) is 5.17 Å². The average molecular weight is 222 g/mol. The number of amidine groups is 1. The molecule has 74 valence electrons. The van der Waals surface area contributed by atoms with Crippen molar-refractivity contribution >= 4 is 34.5 Å². The monoisotopic (exact) mass is 221 g/mol. The summed E-state index contributed by atoms with van der Waals surface area (Å²) < 4.78 is 0. The van der Waals surface area contributed by atoms with Crippen molar-refractivity contribution < 1.29 is 4.79 Å². The first-order valence-electron chi connectivity index (χ1n) is 4.07. The van der Waals surface area contributed by atoms with Crippen LogP contribution < -0.4 is 5.32 Å². The Hall–Kier alpha value is -0.260. The van der Waals surface area contributed by atoms with E-state index in [0.29, 0.717) is 6.54 Å². The van der Waals surface area contributed by atoms with E-state index in [2.05, 4.69) is 15.2 Å². The minimum Gasteiger partial charge on any atom is -0.349 e. The number of aliphatic imine (C=N–C) groups is 1. The third-order valence-corrected chi connectivity index (χ3v) is 2.86. The fourth-order valence-corrected chi connectivity index (χ4v) is 2.09. The lowest BCUT2D eigenvalue weighted by Crippen LogP contribution is -2.45. The van der Waals surface area contributed by atoms with E-state index in [0.717, 1.165) is 31.3 Å². The second-order valence-electron chi connectivity index (χ2n) is 2.81. The van der Waals surface area contributed by atoms with Crippen molar-refractivity contribution in [1.29, 1.82) is 0 Å². The standard InChI is InChI=1S/C7H11N3OS.ClH/c11-6-5-9-7(12-6)10-3-1-8-2-4-10;/h8H,1-5H2;1H. The summed E-state index contributed by atoms with van der Waals surface area (Å²) >= 11 is 1.28. The maximum Gasteiger partial charge on any atom is 0.218 e. The van der Waals surface area contributed by atoms with Gasteiger partial charge in [-0.3, -0.25) is 9.79 Å². The third kappa shape index (κ3) is 2.59. The lowest BCUT2D eigenvalue weighted by Gasteiger charge is -2.27. The molecule has 0 aromatic rings. The van der Waals surface area contributed by atoms with Gasteiger partial charge in [0.05, 0.1) is 0 Å². The van der Waals surface area contributed by atoms with Crippen molar-refractivity contribution in [2.45, 2.75) is 0 Å². The molecule has 2 heterocycles. The van der Waals surface area contributed by atoms with E-state index < -0.39 is 0 Å². The highest BCUT2D eigenvalue weighted by Gasteiger charge is 2.22. The number of thioether (sulfide) groups is 1. The van der Waals surface area contributed by atoms with Gasteiger partial charge in [-0.05, 0) is 11.8 Å². The van der Waals surface area contributed by atoms with E-state index in [1.807, 2.05) is 0 Å². The van der Waals surface area contributed by atoms with E-state index in [1.165, 1.54) is 11.8 Å². The smallest absolute Gasteiger partial charge is 0.218 e. The Morgan fingerprint density at radius 1 is 1.38 bits per heavy atom. The minimum atomic E-state index is 0. The average Bonchev–Trinajstić information content (AvgIpc) is 2.54. The Bertz CT molecular complexity index is 228. The summed E-state index contributed by atoms with van der Waals surface area (Å²) in [6.45, 7) is 4.30. The summed E-state index contributed by atoms with van der Waals surface area (Å²) in [5, 5.41) is 4.35. The molecule has 6 heteroatoms. The molecule has 0 radical (unpaired) electrons. The fraction of sp³-hybridized carbons (Fsp3) is 0.714. The lowest BCUT2D eigenvalue weighted by molar-refractivity contribution is -0.109. The molecule has 2 aliphatic rings. The number of halogens is 1. The topological polar surface area (TPSA) is 44.7 Å². The number of piperazine rings is 1. The van der Waals surface area contributed by atoms with Gasteiger partial charge in [-0.1, -0.05) is 0 Å². The zero-order valence-electron chi connectivity index (χ0n) is 7.15. The molecule has 0 bridgehead atoms. The van der Waals surface area contributed by atoms with Gasteiger partial charge in [0, 0.05) is 26.2 Å². The Morgan fingerprint density at radius 3 is 2.62 bits per heavy atom. The molecule has 0 aromatic carbocycles. The molecule has 0 amide bonds. The van der Waals surface area contributed by atoms with Crippen molar-refractivity contribution in [3.63, 3.8) is 0 Å². The molecule has 1 fully saturated rings. The molecule has 1 saturated heterocycles. The van der Waals surface area contributed by atoms with Gasteiger partial charge in [0.25, 0.3) is 0 Å². The Balaban J connectivity index is 0.000000845. The molecule has 13 heavy (non-hydrogen) atoms. The number of hydrogen-bond donors (Lipinski definition) is 1. The first-order chi connectivity index (χ1) is 5.86.